The largest absolute Gasteiger partial charge is 0.313 e. The first-order valence-corrected chi connectivity index (χ1v) is 8.15. The molecule has 0 saturated heterocycles. The van der Waals surface area contributed by atoms with Gasteiger partial charge in [0.25, 0.3) is 0 Å². The normalized spacial score (nSPS) is 10.7. The van der Waals surface area contributed by atoms with E-state index >= 15 is 0 Å². The van der Waals surface area contributed by atoms with Gasteiger partial charge in [-0.25, -0.2) is 0 Å². The molecule has 24 heavy (non-hydrogen) atoms. The molecular formula is C20H20N2O2. The second kappa shape index (κ2) is 7.13. The van der Waals surface area contributed by atoms with Gasteiger partial charge in [0.1, 0.15) is 0 Å². The van der Waals surface area contributed by atoms with Crippen molar-refractivity contribution in [1.29, 1.82) is 0 Å². The number of hydrogen-bond acceptors (Lipinski definition) is 2. The summed E-state index contributed by atoms with van der Waals surface area (Å²) >= 11 is 0. The minimum Gasteiger partial charge on any atom is -0.313 e. The van der Waals surface area contributed by atoms with Crippen molar-refractivity contribution in [2.75, 3.05) is 11.4 Å². The fourth-order valence-electron chi connectivity index (χ4n) is 2.88. The molecule has 1 aromatic heterocycles. The maximum absolute atomic E-state index is 12.5. The standard InChI is InChI=1S/C20H20N2O2/c1-2-21(17-9-4-3-5-10-17)19(23)12-13-20(24)22-15-14-16-8-6-7-11-18(16)22/h3-11,14-15H,2,12-13H2,1H3. The van der Waals surface area contributed by atoms with Gasteiger partial charge in [-0.3, -0.25) is 14.2 Å². The molecule has 4 heteroatoms. The van der Waals surface area contributed by atoms with Gasteiger partial charge in [-0.2, -0.15) is 0 Å². The van der Waals surface area contributed by atoms with Crippen LogP contribution >= 0.6 is 0 Å². The summed E-state index contributed by atoms with van der Waals surface area (Å²) in [6, 6.07) is 19.2. The Kier molecular flexibility index (Phi) is 4.75. The van der Waals surface area contributed by atoms with Gasteiger partial charge in [0.05, 0.1) is 5.52 Å². The van der Waals surface area contributed by atoms with Crippen molar-refractivity contribution in [2.45, 2.75) is 19.8 Å². The van der Waals surface area contributed by atoms with E-state index in [1.54, 1.807) is 15.7 Å². The van der Waals surface area contributed by atoms with Crippen LogP contribution in [0.25, 0.3) is 10.9 Å². The van der Waals surface area contributed by atoms with Crippen molar-refractivity contribution >= 4 is 28.4 Å². The highest BCUT2D eigenvalue weighted by molar-refractivity contribution is 5.97. The number of carbonyl (C=O) groups is 2. The first-order valence-electron chi connectivity index (χ1n) is 8.15. The van der Waals surface area contributed by atoms with Gasteiger partial charge in [-0.1, -0.05) is 36.4 Å². The van der Waals surface area contributed by atoms with Crippen molar-refractivity contribution < 1.29 is 9.59 Å². The van der Waals surface area contributed by atoms with Crippen LogP contribution in [-0.4, -0.2) is 22.9 Å². The van der Waals surface area contributed by atoms with Crippen molar-refractivity contribution in [3.8, 4) is 0 Å². The molecule has 1 amide bonds. The minimum absolute atomic E-state index is 0.0338. The van der Waals surface area contributed by atoms with Crippen LogP contribution in [0.15, 0.2) is 66.9 Å². The summed E-state index contributed by atoms with van der Waals surface area (Å²) in [5.74, 6) is -0.0952. The molecule has 0 unspecified atom stereocenters. The van der Waals surface area contributed by atoms with Gasteiger partial charge in [0.2, 0.25) is 11.8 Å². The number of aromatic nitrogens is 1. The molecule has 0 aliphatic carbocycles. The molecule has 0 N–H and O–H groups in total. The lowest BCUT2D eigenvalue weighted by atomic mass is 10.2. The summed E-state index contributed by atoms with van der Waals surface area (Å²) in [7, 11) is 0. The summed E-state index contributed by atoms with van der Waals surface area (Å²) in [6.07, 6.45) is 2.17. The zero-order valence-electron chi connectivity index (χ0n) is 13.7. The smallest absolute Gasteiger partial charge is 0.231 e. The molecule has 1 heterocycles. The van der Waals surface area contributed by atoms with E-state index in [0.29, 0.717) is 6.54 Å². The van der Waals surface area contributed by atoms with Gasteiger partial charge in [0.15, 0.2) is 0 Å². The van der Waals surface area contributed by atoms with Crippen LogP contribution in [0.1, 0.15) is 24.6 Å². The van der Waals surface area contributed by atoms with E-state index in [-0.39, 0.29) is 24.7 Å². The number of anilines is 1. The summed E-state index contributed by atoms with van der Waals surface area (Å²) in [6.45, 7) is 2.52. The van der Waals surface area contributed by atoms with Gasteiger partial charge in [0, 0.05) is 36.7 Å². The number of para-hydroxylation sites is 2. The van der Waals surface area contributed by atoms with Crippen molar-refractivity contribution in [2.24, 2.45) is 0 Å². The summed E-state index contributed by atoms with van der Waals surface area (Å²) in [5.41, 5.74) is 1.74. The van der Waals surface area contributed by atoms with Crippen LogP contribution in [0.2, 0.25) is 0 Å². The third-order valence-corrected chi connectivity index (χ3v) is 4.11. The molecular weight excluding hydrogens is 300 g/mol. The zero-order valence-corrected chi connectivity index (χ0v) is 13.7. The Morgan fingerprint density at radius 1 is 0.917 bits per heavy atom. The molecule has 0 radical (unpaired) electrons. The van der Waals surface area contributed by atoms with Crippen molar-refractivity contribution in [3.63, 3.8) is 0 Å². The first-order chi connectivity index (χ1) is 11.7. The molecule has 2 aromatic carbocycles. The minimum atomic E-state index is -0.0614. The SMILES string of the molecule is CCN(C(=O)CCC(=O)n1ccc2ccccc21)c1ccccc1. The molecule has 0 aliphatic rings. The quantitative estimate of drug-likeness (QED) is 0.710. The molecule has 0 fully saturated rings. The van der Waals surface area contributed by atoms with Crippen LogP contribution < -0.4 is 4.90 Å². The van der Waals surface area contributed by atoms with Gasteiger partial charge in [-0.05, 0) is 31.2 Å². The van der Waals surface area contributed by atoms with E-state index in [4.69, 9.17) is 0 Å². The lowest BCUT2D eigenvalue weighted by Gasteiger charge is -2.20. The van der Waals surface area contributed by atoms with E-state index in [1.165, 1.54) is 0 Å². The lowest BCUT2D eigenvalue weighted by molar-refractivity contribution is -0.118. The van der Waals surface area contributed by atoms with E-state index in [1.807, 2.05) is 67.6 Å². The summed E-state index contributed by atoms with van der Waals surface area (Å²) in [5, 5.41) is 1.02. The van der Waals surface area contributed by atoms with Crippen LogP contribution in [0.5, 0.6) is 0 Å². The van der Waals surface area contributed by atoms with Crippen LogP contribution in [0.4, 0.5) is 5.69 Å². The molecule has 0 saturated carbocycles. The Morgan fingerprint density at radius 3 is 2.38 bits per heavy atom. The Morgan fingerprint density at radius 2 is 1.62 bits per heavy atom. The number of rotatable bonds is 5. The highest BCUT2D eigenvalue weighted by Crippen LogP contribution is 2.17. The molecule has 0 bridgehead atoms. The number of amides is 1. The number of nitrogens with zero attached hydrogens (tertiary/aromatic N) is 2. The average molecular weight is 320 g/mol. The summed E-state index contributed by atoms with van der Waals surface area (Å²) in [4.78, 5) is 26.7. The Balaban J connectivity index is 1.68. The Labute approximate surface area is 141 Å². The molecule has 122 valence electrons. The molecule has 0 spiro atoms. The maximum atomic E-state index is 12.5. The molecule has 0 atom stereocenters. The van der Waals surface area contributed by atoms with E-state index in [0.717, 1.165) is 16.6 Å². The number of benzene rings is 2. The van der Waals surface area contributed by atoms with E-state index in [2.05, 4.69) is 0 Å². The number of hydrogen-bond donors (Lipinski definition) is 0. The second-order valence-corrected chi connectivity index (χ2v) is 5.61. The van der Waals surface area contributed by atoms with Crippen molar-refractivity contribution in [1.82, 2.24) is 4.57 Å². The fraction of sp³-hybridized carbons (Fsp3) is 0.200. The van der Waals surface area contributed by atoms with Crippen LogP contribution in [-0.2, 0) is 4.79 Å². The van der Waals surface area contributed by atoms with Gasteiger partial charge in [-0.15, -0.1) is 0 Å². The Bertz CT molecular complexity index is 852. The number of carbonyl (C=O) groups excluding carboxylic acids is 2. The lowest BCUT2D eigenvalue weighted by Crippen LogP contribution is -2.31. The Hall–Kier alpha value is -2.88. The third-order valence-electron chi connectivity index (χ3n) is 4.11. The van der Waals surface area contributed by atoms with E-state index < -0.39 is 0 Å². The monoisotopic (exact) mass is 320 g/mol. The highest BCUT2D eigenvalue weighted by atomic mass is 16.2. The van der Waals surface area contributed by atoms with Gasteiger partial charge < -0.3 is 4.90 Å². The first kappa shape index (κ1) is 16.0. The summed E-state index contributed by atoms with van der Waals surface area (Å²) < 4.78 is 1.63. The molecule has 3 rings (SSSR count). The molecule has 0 aliphatic heterocycles. The number of fused-ring (bicyclic) bond motifs is 1. The van der Waals surface area contributed by atoms with Crippen LogP contribution in [0.3, 0.4) is 0 Å². The highest BCUT2D eigenvalue weighted by Gasteiger charge is 2.16. The second-order valence-electron chi connectivity index (χ2n) is 5.61. The van der Waals surface area contributed by atoms with Gasteiger partial charge >= 0.3 is 0 Å². The predicted octanol–water partition coefficient (Wildman–Crippen LogP) is 4.11. The average Bonchev–Trinajstić information content (AvgIpc) is 3.05. The third kappa shape index (κ3) is 3.23. The molecule has 3 aromatic rings. The fourth-order valence-corrected chi connectivity index (χ4v) is 2.88. The molecule has 4 nitrogen and oxygen atoms in total. The van der Waals surface area contributed by atoms with Crippen LogP contribution in [0, 0.1) is 0 Å². The zero-order chi connectivity index (χ0) is 16.9. The maximum Gasteiger partial charge on any atom is 0.231 e. The predicted molar refractivity (Wildman–Crippen MR) is 96.3 cm³/mol. The van der Waals surface area contributed by atoms with E-state index in [9.17, 15) is 9.59 Å². The topological polar surface area (TPSA) is 42.3 Å². The van der Waals surface area contributed by atoms with Crippen molar-refractivity contribution in [3.05, 3.63) is 66.9 Å².